The molecule has 2 rings (SSSR count). The van der Waals surface area contributed by atoms with Gasteiger partial charge in [0.25, 0.3) is 0 Å². The smallest absolute Gasteiger partial charge is 0.0590 e. The van der Waals surface area contributed by atoms with Crippen molar-refractivity contribution in [2.45, 2.75) is 38.5 Å². The predicted octanol–water partition coefficient (Wildman–Crippen LogP) is 3.92. The Morgan fingerprint density at radius 2 is 1.92 bits per heavy atom. The maximum Gasteiger partial charge on any atom is 0.0590 e. The Morgan fingerprint density at radius 1 is 1.23 bits per heavy atom. The van der Waals surface area contributed by atoms with E-state index in [0.717, 1.165) is 6.42 Å². The van der Waals surface area contributed by atoms with E-state index in [2.05, 4.69) is 26.0 Å². The topological polar surface area (TPSA) is 0 Å². The van der Waals surface area contributed by atoms with Crippen molar-refractivity contribution >= 4 is 11.6 Å². The maximum absolute atomic E-state index is 6.32. The van der Waals surface area contributed by atoms with E-state index < -0.39 is 0 Å². The van der Waals surface area contributed by atoms with Crippen LogP contribution in [0.2, 0.25) is 0 Å². The summed E-state index contributed by atoms with van der Waals surface area (Å²) in [7, 11) is 0. The normalized spacial score (nSPS) is 21.3. The number of halogens is 1. The molecule has 1 atom stereocenters. The zero-order chi connectivity index (χ0) is 9.42. The number of benzene rings is 1. The average Bonchev–Trinajstić information content (AvgIpc) is 2.12. The molecule has 0 aliphatic heterocycles. The SMILES string of the molecule is Cc1ccc(C)c2c1CCCC2Cl. The molecule has 0 saturated carbocycles. The van der Waals surface area contributed by atoms with Crippen LogP contribution in [0, 0.1) is 13.8 Å². The van der Waals surface area contributed by atoms with Crippen LogP contribution in [0.5, 0.6) is 0 Å². The first kappa shape index (κ1) is 9.08. The molecule has 70 valence electrons. The second-order valence-electron chi connectivity index (χ2n) is 3.95. The van der Waals surface area contributed by atoms with Crippen LogP contribution in [0.4, 0.5) is 0 Å². The molecule has 1 unspecified atom stereocenters. The lowest BCUT2D eigenvalue weighted by Crippen LogP contribution is -2.09. The first-order valence-electron chi connectivity index (χ1n) is 4.93. The van der Waals surface area contributed by atoms with Crippen LogP contribution in [-0.4, -0.2) is 0 Å². The first-order chi connectivity index (χ1) is 6.20. The van der Waals surface area contributed by atoms with Gasteiger partial charge in [0.2, 0.25) is 0 Å². The molecule has 0 amide bonds. The molecule has 0 bridgehead atoms. The average molecular weight is 195 g/mol. The van der Waals surface area contributed by atoms with Crippen molar-refractivity contribution in [3.05, 3.63) is 34.4 Å². The summed E-state index contributed by atoms with van der Waals surface area (Å²) in [5.41, 5.74) is 5.69. The minimum Gasteiger partial charge on any atom is -0.118 e. The van der Waals surface area contributed by atoms with Gasteiger partial charge in [-0.25, -0.2) is 0 Å². The summed E-state index contributed by atoms with van der Waals surface area (Å²) in [5.74, 6) is 0. The van der Waals surface area contributed by atoms with Crippen LogP contribution in [0.25, 0.3) is 0 Å². The standard InChI is InChI=1S/C12H15Cl/c1-8-6-7-9(2)12-10(8)4-3-5-11(12)13/h6-7,11H,3-5H2,1-2H3. The monoisotopic (exact) mass is 194 g/mol. The number of fused-ring (bicyclic) bond motifs is 1. The van der Waals surface area contributed by atoms with E-state index in [-0.39, 0.29) is 5.38 Å². The highest BCUT2D eigenvalue weighted by Gasteiger charge is 2.20. The van der Waals surface area contributed by atoms with Gasteiger partial charge < -0.3 is 0 Å². The number of hydrogen-bond acceptors (Lipinski definition) is 0. The van der Waals surface area contributed by atoms with Crippen molar-refractivity contribution in [2.75, 3.05) is 0 Å². The van der Waals surface area contributed by atoms with E-state index in [1.54, 1.807) is 0 Å². The number of alkyl halides is 1. The van der Waals surface area contributed by atoms with E-state index in [1.165, 1.54) is 35.1 Å². The van der Waals surface area contributed by atoms with E-state index >= 15 is 0 Å². The third kappa shape index (κ3) is 1.48. The molecule has 1 aliphatic carbocycles. The molecule has 0 fully saturated rings. The van der Waals surface area contributed by atoms with Crippen LogP contribution in [0.1, 0.15) is 40.5 Å². The van der Waals surface area contributed by atoms with Gasteiger partial charge in [0.15, 0.2) is 0 Å². The Kier molecular flexibility index (Phi) is 2.33. The van der Waals surface area contributed by atoms with Crippen molar-refractivity contribution in [1.82, 2.24) is 0 Å². The van der Waals surface area contributed by atoms with Crippen LogP contribution in [0.15, 0.2) is 12.1 Å². The van der Waals surface area contributed by atoms with Crippen molar-refractivity contribution in [3.8, 4) is 0 Å². The lowest BCUT2D eigenvalue weighted by Gasteiger charge is -2.24. The Labute approximate surface area is 84.9 Å². The van der Waals surface area contributed by atoms with Crippen molar-refractivity contribution < 1.29 is 0 Å². The second kappa shape index (κ2) is 3.34. The highest BCUT2D eigenvalue weighted by Crippen LogP contribution is 2.37. The minimum atomic E-state index is 0.253. The fourth-order valence-electron chi connectivity index (χ4n) is 2.26. The molecule has 1 aliphatic rings. The van der Waals surface area contributed by atoms with Gasteiger partial charge in [-0.1, -0.05) is 12.1 Å². The fraction of sp³-hybridized carbons (Fsp3) is 0.500. The van der Waals surface area contributed by atoms with Gasteiger partial charge in [0, 0.05) is 0 Å². The van der Waals surface area contributed by atoms with E-state index in [4.69, 9.17) is 11.6 Å². The van der Waals surface area contributed by atoms with Gasteiger partial charge in [0.05, 0.1) is 5.38 Å². The Hall–Kier alpha value is -0.490. The molecule has 0 aromatic heterocycles. The third-order valence-electron chi connectivity index (χ3n) is 3.01. The lowest BCUT2D eigenvalue weighted by atomic mass is 9.85. The summed E-state index contributed by atoms with van der Waals surface area (Å²) in [4.78, 5) is 0. The zero-order valence-electron chi connectivity index (χ0n) is 8.23. The largest absolute Gasteiger partial charge is 0.118 e. The number of rotatable bonds is 0. The number of hydrogen-bond donors (Lipinski definition) is 0. The van der Waals surface area contributed by atoms with Crippen LogP contribution >= 0.6 is 11.6 Å². The first-order valence-corrected chi connectivity index (χ1v) is 5.37. The van der Waals surface area contributed by atoms with Crippen molar-refractivity contribution in [2.24, 2.45) is 0 Å². The summed E-state index contributed by atoms with van der Waals surface area (Å²) in [5, 5.41) is 0.253. The Bertz CT molecular complexity index is 328. The van der Waals surface area contributed by atoms with E-state index in [0.29, 0.717) is 0 Å². The van der Waals surface area contributed by atoms with Gasteiger partial charge >= 0.3 is 0 Å². The van der Waals surface area contributed by atoms with Gasteiger partial charge in [-0.05, 0) is 55.4 Å². The second-order valence-corrected chi connectivity index (χ2v) is 4.48. The molecule has 0 N–H and O–H groups in total. The summed E-state index contributed by atoms with van der Waals surface area (Å²) in [6.45, 7) is 4.35. The molecular formula is C12H15Cl. The number of aryl methyl sites for hydroxylation is 2. The molecule has 0 nitrogen and oxygen atoms in total. The van der Waals surface area contributed by atoms with Gasteiger partial charge in [-0.2, -0.15) is 0 Å². The highest BCUT2D eigenvalue weighted by molar-refractivity contribution is 6.21. The van der Waals surface area contributed by atoms with Gasteiger partial charge in [0.1, 0.15) is 0 Å². The summed E-state index contributed by atoms with van der Waals surface area (Å²) in [6.07, 6.45) is 3.59. The van der Waals surface area contributed by atoms with Gasteiger partial charge in [-0.15, -0.1) is 11.6 Å². The Morgan fingerprint density at radius 3 is 2.62 bits per heavy atom. The molecule has 0 saturated heterocycles. The molecule has 1 aromatic rings. The molecule has 1 heteroatoms. The van der Waals surface area contributed by atoms with Crippen LogP contribution < -0.4 is 0 Å². The third-order valence-corrected chi connectivity index (χ3v) is 3.44. The summed E-state index contributed by atoms with van der Waals surface area (Å²) in [6, 6.07) is 4.40. The van der Waals surface area contributed by atoms with Crippen LogP contribution in [0.3, 0.4) is 0 Å². The molecule has 0 heterocycles. The quantitative estimate of drug-likeness (QED) is 0.550. The Balaban J connectivity index is 2.60. The molecule has 1 aromatic carbocycles. The van der Waals surface area contributed by atoms with Crippen molar-refractivity contribution in [3.63, 3.8) is 0 Å². The van der Waals surface area contributed by atoms with E-state index in [1.807, 2.05) is 0 Å². The van der Waals surface area contributed by atoms with Crippen LogP contribution in [-0.2, 0) is 6.42 Å². The zero-order valence-corrected chi connectivity index (χ0v) is 8.99. The molecule has 13 heavy (non-hydrogen) atoms. The highest BCUT2D eigenvalue weighted by atomic mass is 35.5. The predicted molar refractivity (Wildman–Crippen MR) is 57.4 cm³/mol. The molecular weight excluding hydrogens is 180 g/mol. The summed E-state index contributed by atoms with van der Waals surface area (Å²) < 4.78 is 0. The summed E-state index contributed by atoms with van der Waals surface area (Å²) >= 11 is 6.32. The molecule has 0 spiro atoms. The minimum absolute atomic E-state index is 0.253. The maximum atomic E-state index is 6.32. The fourth-order valence-corrected chi connectivity index (χ4v) is 2.72. The van der Waals surface area contributed by atoms with Gasteiger partial charge in [-0.3, -0.25) is 0 Å². The van der Waals surface area contributed by atoms with Crippen molar-refractivity contribution in [1.29, 1.82) is 0 Å². The van der Waals surface area contributed by atoms with E-state index in [9.17, 15) is 0 Å². The molecule has 0 radical (unpaired) electrons. The lowest BCUT2D eigenvalue weighted by molar-refractivity contribution is 0.660.